The van der Waals surface area contributed by atoms with Gasteiger partial charge in [-0.2, -0.15) is 0 Å². The maximum Gasteiger partial charge on any atom is 0.257 e. The second-order valence-electron chi connectivity index (χ2n) is 8.59. The molecule has 0 N–H and O–H groups in total. The van der Waals surface area contributed by atoms with Crippen LogP contribution in [0.25, 0.3) is 0 Å². The molecule has 5 rings (SSSR count). The predicted molar refractivity (Wildman–Crippen MR) is 119 cm³/mol. The average Bonchev–Trinajstić information content (AvgIpc) is 3.18. The number of rotatable bonds is 5. The van der Waals surface area contributed by atoms with Crippen molar-refractivity contribution in [2.45, 2.75) is 24.6 Å². The van der Waals surface area contributed by atoms with E-state index >= 15 is 0 Å². The number of benzene rings is 2. The van der Waals surface area contributed by atoms with Crippen LogP contribution in [-0.2, 0) is 22.6 Å². The number of morpholine rings is 1. The first-order valence-corrected chi connectivity index (χ1v) is 11.0. The number of aromatic nitrogens is 1. The monoisotopic (exact) mass is 431 g/mol. The van der Waals surface area contributed by atoms with Gasteiger partial charge in [0.1, 0.15) is 5.82 Å². The fourth-order valence-corrected chi connectivity index (χ4v) is 4.92. The van der Waals surface area contributed by atoms with Gasteiger partial charge in [0.25, 0.3) is 5.91 Å². The summed E-state index contributed by atoms with van der Waals surface area (Å²) < 4.78 is 19.7. The molecule has 3 heterocycles. The first-order chi connectivity index (χ1) is 15.6. The van der Waals surface area contributed by atoms with E-state index in [0.717, 1.165) is 16.7 Å². The molecule has 2 aliphatic rings. The van der Waals surface area contributed by atoms with Gasteiger partial charge in [0.2, 0.25) is 0 Å². The number of nitrogens with zero attached hydrogens (tertiary/aromatic N) is 3. The van der Waals surface area contributed by atoms with Crippen LogP contribution in [0.15, 0.2) is 79.1 Å². The summed E-state index contributed by atoms with van der Waals surface area (Å²) in [6.07, 6.45) is 3.58. The van der Waals surface area contributed by atoms with Crippen molar-refractivity contribution in [2.24, 2.45) is 0 Å². The van der Waals surface area contributed by atoms with E-state index in [1.807, 2.05) is 53.6 Å². The quantitative estimate of drug-likeness (QED) is 0.619. The minimum atomic E-state index is -0.948. The first-order valence-electron chi connectivity index (χ1n) is 11.0. The van der Waals surface area contributed by atoms with Crippen LogP contribution in [0.5, 0.6) is 0 Å². The molecule has 0 unspecified atom stereocenters. The maximum atomic E-state index is 13.9. The minimum absolute atomic E-state index is 0.0306. The zero-order valence-electron chi connectivity index (χ0n) is 17.9. The molecule has 32 heavy (non-hydrogen) atoms. The average molecular weight is 432 g/mol. The maximum absolute atomic E-state index is 13.9. The lowest BCUT2D eigenvalue weighted by atomic mass is 9.83. The Kier molecular flexibility index (Phi) is 5.72. The normalized spacial score (nSPS) is 23.7. The van der Waals surface area contributed by atoms with Crippen LogP contribution in [0.1, 0.15) is 22.6 Å². The number of carbonyl (C=O) groups excluding carboxylic acids is 1. The number of ether oxygens (including phenoxy) is 1. The molecule has 0 bridgehead atoms. The molecule has 3 aromatic rings. The van der Waals surface area contributed by atoms with Crippen LogP contribution < -0.4 is 0 Å². The van der Waals surface area contributed by atoms with Crippen molar-refractivity contribution in [1.82, 2.24) is 14.8 Å². The van der Waals surface area contributed by atoms with E-state index in [2.05, 4.69) is 9.88 Å². The van der Waals surface area contributed by atoms with Crippen LogP contribution in [0.2, 0.25) is 0 Å². The van der Waals surface area contributed by atoms with Gasteiger partial charge in [0.15, 0.2) is 5.60 Å². The number of carbonyl (C=O) groups is 1. The number of halogens is 1. The Morgan fingerprint density at radius 2 is 1.78 bits per heavy atom. The summed E-state index contributed by atoms with van der Waals surface area (Å²) in [5, 5.41) is 0. The van der Waals surface area contributed by atoms with Gasteiger partial charge in [-0.15, -0.1) is 0 Å². The second-order valence-corrected chi connectivity index (χ2v) is 8.59. The zero-order valence-corrected chi connectivity index (χ0v) is 17.9. The Bertz CT molecular complexity index is 1060. The van der Waals surface area contributed by atoms with E-state index in [4.69, 9.17) is 4.74 Å². The van der Waals surface area contributed by atoms with Crippen molar-refractivity contribution in [3.8, 4) is 0 Å². The third kappa shape index (κ3) is 4.04. The van der Waals surface area contributed by atoms with E-state index in [-0.39, 0.29) is 17.6 Å². The molecule has 1 aromatic heterocycles. The molecule has 1 amide bonds. The SMILES string of the molecule is O=C1N(Cc2ccccc2)CCO[C@@]12CN(Cc1ccc(F)cc1)C[C@H]2c1cccnc1. The molecule has 6 heteroatoms. The van der Waals surface area contributed by atoms with Gasteiger partial charge in [0, 0.05) is 51.0 Å². The summed E-state index contributed by atoms with van der Waals surface area (Å²) in [5.41, 5.74) is 2.18. The molecule has 5 nitrogen and oxygen atoms in total. The van der Waals surface area contributed by atoms with Gasteiger partial charge in [-0.3, -0.25) is 14.7 Å². The Balaban J connectivity index is 1.44. The Hall–Kier alpha value is -3.09. The van der Waals surface area contributed by atoms with Gasteiger partial charge in [-0.1, -0.05) is 48.5 Å². The van der Waals surface area contributed by atoms with Crippen LogP contribution >= 0.6 is 0 Å². The lowest BCUT2D eigenvalue weighted by Gasteiger charge is -2.42. The molecule has 2 atom stereocenters. The summed E-state index contributed by atoms with van der Waals surface area (Å²) >= 11 is 0. The third-order valence-electron chi connectivity index (χ3n) is 6.45. The molecule has 0 aliphatic carbocycles. The number of hydrogen-bond donors (Lipinski definition) is 0. The lowest BCUT2D eigenvalue weighted by molar-refractivity contribution is -0.173. The summed E-state index contributed by atoms with van der Waals surface area (Å²) in [7, 11) is 0. The molecule has 1 spiro atoms. The molecular formula is C26H26FN3O2. The third-order valence-corrected chi connectivity index (χ3v) is 6.45. The molecule has 2 fully saturated rings. The highest BCUT2D eigenvalue weighted by Gasteiger charge is 2.56. The van der Waals surface area contributed by atoms with E-state index in [1.165, 1.54) is 12.1 Å². The van der Waals surface area contributed by atoms with Gasteiger partial charge in [-0.05, 0) is 34.9 Å². The van der Waals surface area contributed by atoms with Crippen molar-refractivity contribution in [2.75, 3.05) is 26.2 Å². The topological polar surface area (TPSA) is 45.7 Å². The Morgan fingerprint density at radius 1 is 1.00 bits per heavy atom. The first kappa shape index (κ1) is 20.8. The van der Waals surface area contributed by atoms with Crippen LogP contribution in [0.4, 0.5) is 4.39 Å². The van der Waals surface area contributed by atoms with Gasteiger partial charge < -0.3 is 9.64 Å². The minimum Gasteiger partial charge on any atom is -0.361 e. The highest BCUT2D eigenvalue weighted by atomic mass is 19.1. The standard InChI is InChI=1S/C26H26FN3O2/c27-23-10-8-21(9-11-23)16-29-18-24(22-7-4-12-28-15-22)26(19-29)25(31)30(13-14-32-26)17-20-5-2-1-3-6-20/h1-12,15,24H,13-14,16-19H2/t24-,26+/m0/s1. The summed E-state index contributed by atoms with van der Waals surface area (Å²) in [6, 6.07) is 20.5. The fraction of sp³-hybridized carbons (Fsp3) is 0.308. The summed E-state index contributed by atoms with van der Waals surface area (Å²) in [5.74, 6) is -0.340. The van der Waals surface area contributed by atoms with Crippen LogP contribution in [-0.4, -0.2) is 52.5 Å². The van der Waals surface area contributed by atoms with E-state index in [0.29, 0.717) is 39.3 Å². The van der Waals surface area contributed by atoms with Crippen LogP contribution in [0, 0.1) is 5.82 Å². The number of amides is 1. The van der Waals surface area contributed by atoms with Crippen molar-refractivity contribution in [1.29, 1.82) is 0 Å². The van der Waals surface area contributed by atoms with Gasteiger partial charge >= 0.3 is 0 Å². The van der Waals surface area contributed by atoms with Crippen molar-refractivity contribution in [3.05, 3.63) is 102 Å². The molecule has 2 aliphatic heterocycles. The fourth-order valence-electron chi connectivity index (χ4n) is 4.92. The molecule has 0 saturated carbocycles. The molecular weight excluding hydrogens is 405 g/mol. The zero-order chi connectivity index (χ0) is 22.0. The highest BCUT2D eigenvalue weighted by Crippen LogP contribution is 2.42. The summed E-state index contributed by atoms with van der Waals surface area (Å²) in [6.45, 7) is 3.45. The van der Waals surface area contributed by atoms with E-state index in [9.17, 15) is 9.18 Å². The number of hydrogen-bond acceptors (Lipinski definition) is 4. The Labute approximate surface area is 187 Å². The van der Waals surface area contributed by atoms with E-state index in [1.54, 1.807) is 18.3 Å². The second kappa shape index (κ2) is 8.81. The number of pyridine rings is 1. The number of likely N-dealkylation sites (tertiary alicyclic amines) is 1. The molecule has 164 valence electrons. The van der Waals surface area contributed by atoms with Gasteiger partial charge in [0.05, 0.1) is 6.61 Å². The van der Waals surface area contributed by atoms with Crippen molar-refractivity contribution in [3.63, 3.8) is 0 Å². The smallest absolute Gasteiger partial charge is 0.257 e. The van der Waals surface area contributed by atoms with E-state index < -0.39 is 5.60 Å². The lowest BCUT2D eigenvalue weighted by Crippen LogP contribution is -2.59. The summed E-state index contributed by atoms with van der Waals surface area (Å²) in [4.78, 5) is 22.3. The van der Waals surface area contributed by atoms with Crippen molar-refractivity contribution < 1.29 is 13.9 Å². The van der Waals surface area contributed by atoms with Crippen LogP contribution in [0.3, 0.4) is 0 Å². The highest BCUT2D eigenvalue weighted by molar-refractivity contribution is 5.88. The van der Waals surface area contributed by atoms with Crippen molar-refractivity contribution >= 4 is 5.91 Å². The predicted octanol–water partition coefficient (Wildman–Crippen LogP) is 3.62. The van der Waals surface area contributed by atoms with Gasteiger partial charge in [-0.25, -0.2) is 4.39 Å². The molecule has 0 radical (unpaired) electrons. The molecule has 2 aromatic carbocycles. The Morgan fingerprint density at radius 3 is 2.53 bits per heavy atom. The molecule has 2 saturated heterocycles. The largest absolute Gasteiger partial charge is 0.361 e.